The van der Waals surface area contributed by atoms with E-state index in [2.05, 4.69) is 12.2 Å². The quantitative estimate of drug-likeness (QED) is 0.805. The molecule has 2 nitrogen and oxygen atoms in total. The fraction of sp³-hybridized carbons (Fsp3) is 0.409. The summed E-state index contributed by atoms with van der Waals surface area (Å²) in [6.45, 7) is 2.09. The summed E-state index contributed by atoms with van der Waals surface area (Å²) in [4.78, 5) is 12.3. The molecule has 0 spiro atoms. The number of halogens is 1. The van der Waals surface area contributed by atoms with E-state index in [1.54, 1.807) is 6.07 Å². The zero-order chi connectivity index (χ0) is 17.6. The van der Waals surface area contributed by atoms with E-state index in [-0.39, 0.29) is 24.2 Å². The lowest BCUT2D eigenvalue weighted by Gasteiger charge is -2.28. The second-order valence-electron chi connectivity index (χ2n) is 7.11. The van der Waals surface area contributed by atoms with Crippen molar-refractivity contribution in [2.75, 3.05) is 0 Å². The number of benzene rings is 2. The summed E-state index contributed by atoms with van der Waals surface area (Å²) < 4.78 is 14.4. The van der Waals surface area contributed by atoms with Crippen molar-refractivity contribution in [3.8, 4) is 11.1 Å². The lowest BCUT2D eigenvalue weighted by molar-refractivity contribution is -0.121. The first kappa shape index (κ1) is 17.7. The molecule has 3 rings (SSSR count). The first-order valence-corrected chi connectivity index (χ1v) is 9.26. The molecule has 2 aromatic rings. The highest BCUT2D eigenvalue weighted by molar-refractivity contribution is 5.79. The zero-order valence-electron chi connectivity index (χ0n) is 14.8. The third kappa shape index (κ3) is 4.68. The molecule has 0 radical (unpaired) electrons. The SMILES string of the molecule is C[C@@H](NC(=O)Cc1ccc(-c2ccccc2)c(F)c1)C1CCCCC1. The van der Waals surface area contributed by atoms with Gasteiger partial charge in [-0.1, -0.05) is 61.7 Å². The van der Waals surface area contributed by atoms with Crippen LogP contribution in [0.2, 0.25) is 0 Å². The molecule has 1 amide bonds. The van der Waals surface area contributed by atoms with Crippen LogP contribution in [0.15, 0.2) is 48.5 Å². The van der Waals surface area contributed by atoms with Crippen molar-refractivity contribution in [1.82, 2.24) is 5.32 Å². The van der Waals surface area contributed by atoms with Gasteiger partial charge in [0.05, 0.1) is 6.42 Å². The molecule has 0 heterocycles. The smallest absolute Gasteiger partial charge is 0.224 e. The molecule has 1 fully saturated rings. The van der Waals surface area contributed by atoms with Gasteiger partial charge in [-0.25, -0.2) is 4.39 Å². The van der Waals surface area contributed by atoms with E-state index in [9.17, 15) is 9.18 Å². The van der Waals surface area contributed by atoms with Crippen LogP contribution in [0, 0.1) is 11.7 Å². The Morgan fingerprint density at radius 2 is 1.84 bits per heavy atom. The van der Waals surface area contributed by atoms with Crippen LogP contribution in [0.1, 0.15) is 44.6 Å². The van der Waals surface area contributed by atoms with Crippen molar-refractivity contribution < 1.29 is 9.18 Å². The predicted molar refractivity (Wildman–Crippen MR) is 99.7 cm³/mol. The Hall–Kier alpha value is -2.16. The Labute approximate surface area is 149 Å². The predicted octanol–water partition coefficient (Wildman–Crippen LogP) is 5.12. The van der Waals surface area contributed by atoms with E-state index in [4.69, 9.17) is 0 Å². The standard InChI is InChI=1S/C22H26FNO/c1-16(18-8-4-2-5-9-18)24-22(25)15-17-12-13-20(21(23)14-17)19-10-6-3-7-11-19/h3,6-7,10-14,16,18H,2,4-5,8-9,15H2,1H3,(H,24,25)/t16-/m1/s1. The van der Waals surface area contributed by atoms with E-state index >= 15 is 0 Å². The maximum Gasteiger partial charge on any atom is 0.224 e. The van der Waals surface area contributed by atoms with Gasteiger partial charge in [-0.3, -0.25) is 4.79 Å². The van der Waals surface area contributed by atoms with Crippen molar-refractivity contribution in [2.45, 2.75) is 51.5 Å². The second-order valence-corrected chi connectivity index (χ2v) is 7.11. The molecule has 3 heteroatoms. The van der Waals surface area contributed by atoms with Gasteiger partial charge in [0.1, 0.15) is 5.82 Å². The molecule has 0 unspecified atom stereocenters. The summed E-state index contributed by atoms with van der Waals surface area (Å²) in [6, 6.07) is 14.7. The fourth-order valence-electron chi connectivity index (χ4n) is 3.76. The highest BCUT2D eigenvalue weighted by Gasteiger charge is 2.21. The third-order valence-electron chi connectivity index (χ3n) is 5.23. The maximum atomic E-state index is 14.4. The van der Waals surface area contributed by atoms with Gasteiger partial charge < -0.3 is 5.32 Å². The minimum Gasteiger partial charge on any atom is -0.353 e. The summed E-state index contributed by atoms with van der Waals surface area (Å²) >= 11 is 0. The van der Waals surface area contributed by atoms with Crippen LogP contribution < -0.4 is 5.32 Å². The molecule has 1 aliphatic carbocycles. The van der Waals surface area contributed by atoms with Crippen LogP contribution in [0.5, 0.6) is 0 Å². The molecule has 1 aliphatic rings. The molecule has 132 valence electrons. The van der Waals surface area contributed by atoms with Gasteiger partial charge in [-0.15, -0.1) is 0 Å². The number of hydrogen-bond acceptors (Lipinski definition) is 1. The number of rotatable bonds is 5. The maximum absolute atomic E-state index is 14.4. The molecule has 1 N–H and O–H groups in total. The number of amides is 1. The molecular weight excluding hydrogens is 313 g/mol. The Balaban J connectivity index is 1.61. The summed E-state index contributed by atoms with van der Waals surface area (Å²) in [5, 5.41) is 3.10. The van der Waals surface area contributed by atoms with Gasteiger partial charge in [0.2, 0.25) is 5.91 Å². The van der Waals surface area contributed by atoms with E-state index in [0.717, 1.165) is 5.56 Å². The van der Waals surface area contributed by atoms with Gasteiger partial charge in [0.15, 0.2) is 0 Å². The summed E-state index contributed by atoms with van der Waals surface area (Å²) in [5.74, 6) is 0.275. The Bertz CT molecular complexity index is 707. The molecule has 1 saturated carbocycles. The first-order chi connectivity index (χ1) is 12.1. The normalized spacial score (nSPS) is 16.4. The number of nitrogens with one attached hydrogen (secondary N) is 1. The van der Waals surface area contributed by atoms with Gasteiger partial charge >= 0.3 is 0 Å². The molecule has 25 heavy (non-hydrogen) atoms. The minimum atomic E-state index is -0.281. The van der Waals surface area contributed by atoms with Crippen molar-refractivity contribution in [2.24, 2.45) is 5.92 Å². The van der Waals surface area contributed by atoms with Crippen LogP contribution in [-0.4, -0.2) is 11.9 Å². The molecule has 0 bridgehead atoms. The van der Waals surface area contributed by atoms with Gasteiger partial charge in [0, 0.05) is 11.6 Å². The van der Waals surface area contributed by atoms with E-state index < -0.39 is 0 Å². The van der Waals surface area contributed by atoms with Crippen molar-refractivity contribution >= 4 is 5.91 Å². The van der Waals surface area contributed by atoms with Gasteiger partial charge in [-0.05, 0) is 42.9 Å². The Morgan fingerprint density at radius 1 is 1.12 bits per heavy atom. The fourth-order valence-corrected chi connectivity index (χ4v) is 3.76. The number of hydrogen-bond donors (Lipinski definition) is 1. The van der Waals surface area contributed by atoms with Crippen molar-refractivity contribution in [1.29, 1.82) is 0 Å². The summed E-state index contributed by atoms with van der Waals surface area (Å²) in [7, 11) is 0. The first-order valence-electron chi connectivity index (χ1n) is 9.26. The van der Waals surface area contributed by atoms with E-state index in [1.165, 1.54) is 38.2 Å². The van der Waals surface area contributed by atoms with E-state index in [0.29, 0.717) is 17.0 Å². The molecule has 0 saturated heterocycles. The topological polar surface area (TPSA) is 29.1 Å². The lowest BCUT2D eigenvalue weighted by Crippen LogP contribution is -2.39. The van der Waals surface area contributed by atoms with Gasteiger partial charge in [0.25, 0.3) is 0 Å². The Morgan fingerprint density at radius 3 is 2.52 bits per heavy atom. The molecule has 1 atom stereocenters. The summed E-state index contributed by atoms with van der Waals surface area (Å²) in [5.41, 5.74) is 2.13. The average molecular weight is 339 g/mol. The highest BCUT2D eigenvalue weighted by Crippen LogP contribution is 2.26. The molecule has 0 aliphatic heterocycles. The van der Waals surface area contributed by atoms with Crippen LogP contribution in [0.25, 0.3) is 11.1 Å². The Kier molecular flexibility index (Phi) is 5.85. The van der Waals surface area contributed by atoms with Crippen LogP contribution in [0.4, 0.5) is 4.39 Å². The van der Waals surface area contributed by atoms with Crippen LogP contribution in [-0.2, 0) is 11.2 Å². The minimum absolute atomic E-state index is 0.0232. The summed E-state index contributed by atoms with van der Waals surface area (Å²) in [6.07, 6.45) is 6.45. The highest BCUT2D eigenvalue weighted by atomic mass is 19.1. The van der Waals surface area contributed by atoms with Crippen LogP contribution in [0.3, 0.4) is 0 Å². The van der Waals surface area contributed by atoms with E-state index in [1.807, 2.05) is 36.4 Å². The largest absolute Gasteiger partial charge is 0.353 e. The third-order valence-corrected chi connectivity index (χ3v) is 5.23. The van der Waals surface area contributed by atoms with Crippen molar-refractivity contribution in [3.05, 3.63) is 59.9 Å². The molecule has 0 aromatic heterocycles. The molecule has 2 aromatic carbocycles. The monoisotopic (exact) mass is 339 g/mol. The second kappa shape index (κ2) is 8.28. The van der Waals surface area contributed by atoms with Crippen LogP contribution >= 0.6 is 0 Å². The molecular formula is C22H26FNO. The zero-order valence-corrected chi connectivity index (χ0v) is 14.8. The number of carbonyl (C=O) groups excluding carboxylic acids is 1. The lowest BCUT2D eigenvalue weighted by atomic mass is 9.84. The number of carbonyl (C=O) groups is 1. The van der Waals surface area contributed by atoms with Crippen molar-refractivity contribution in [3.63, 3.8) is 0 Å². The average Bonchev–Trinajstić information content (AvgIpc) is 2.63. The van der Waals surface area contributed by atoms with Gasteiger partial charge in [-0.2, -0.15) is 0 Å².